The molecule has 4 atom stereocenters. The van der Waals surface area contributed by atoms with Gasteiger partial charge in [0.25, 0.3) is 5.91 Å². The quantitative estimate of drug-likeness (QED) is 0.568. The van der Waals surface area contributed by atoms with Gasteiger partial charge in [0.1, 0.15) is 6.67 Å². The van der Waals surface area contributed by atoms with Crippen LogP contribution in [0.5, 0.6) is 0 Å². The predicted molar refractivity (Wildman–Crippen MR) is 97.7 cm³/mol. The number of nitrogens with zero attached hydrogens (tertiary/aromatic N) is 3. The van der Waals surface area contributed by atoms with Crippen LogP contribution < -0.4 is 4.90 Å². The normalized spacial score (nSPS) is 31.5. The lowest BCUT2D eigenvalue weighted by Crippen LogP contribution is -2.62. The van der Waals surface area contributed by atoms with Gasteiger partial charge in [-0.1, -0.05) is 26.8 Å². The molecule has 1 aromatic carbocycles. The summed E-state index contributed by atoms with van der Waals surface area (Å²) in [6.07, 6.45) is -4.32. The fourth-order valence-electron chi connectivity index (χ4n) is 4.81. The number of halogens is 3. The van der Waals surface area contributed by atoms with Gasteiger partial charge >= 0.3 is 12.2 Å². The highest BCUT2D eigenvalue weighted by molar-refractivity contribution is 6.18. The Morgan fingerprint density at radius 2 is 1.86 bits per heavy atom. The first kappa shape index (κ1) is 20.0. The van der Waals surface area contributed by atoms with Crippen molar-refractivity contribution in [2.24, 2.45) is 5.41 Å². The van der Waals surface area contributed by atoms with Crippen LogP contribution in [0, 0.1) is 5.41 Å². The van der Waals surface area contributed by atoms with E-state index in [0.29, 0.717) is 13.1 Å². The van der Waals surface area contributed by atoms with Gasteiger partial charge in [0.05, 0.1) is 24.3 Å². The fourth-order valence-corrected chi connectivity index (χ4v) is 4.81. The zero-order valence-corrected chi connectivity index (χ0v) is 16.5. The Balaban J connectivity index is 1.72. The smallest absolute Gasteiger partial charge is 0.293 e. The van der Waals surface area contributed by atoms with Gasteiger partial charge in [0, 0.05) is 6.42 Å². The van der Waals surface area contributed by atoms with Crippen LogP contribution >= 0.6 is 0 Å². The molecule has 3 unspecified atom stereocenters. The van der Waals surface area contributed by atoms with Gasteiger partial charge in [-0.25, -0.2) is 14.2 Å². The summed E-state index contributed by atoms with van der Waals surface area (Å²) in [5, 5.41) is 0. The van der Waals surface area contributed by atoms with Crippen molar-refractivity contribution in [2.45, 2.75) is 45.5 Å². The van der Waals surface area contributed by atoms with Gasteiger partial charge in [-0.05, 0) is 23.6 Å². The summed E-state index contributed by atoms with van der Waals surface area (Å²) in [4.78, 5) is 42.3. The maximum atomic E-state index is 13.4. The molecule has 3 aliphatic rings. The molecule has 29 heavy (non-hydrogen) atoms. The Labute approximate surface area is 166 Å². The third-order valence-electron chi connectivity index (χ3n) is 5.97. The number of carbonyl (C=O) groups excluding carboxylic acids is 3. The first-order valence-electron chi connectivity index (χ1n) is 9.53. The predicted octanol–water partition coefficient (Wildman–Crippen LogP) is 3.02. The Morgan fingerprint density at radius 3 is 2.48 bits per heavy atom. The molecule has 3 aliphatic heterocycles. The molecule has 0 N–H and O–H groups in total. The number of rotatable bonds is 3. The van der Waals surface area contributed by atoms with Gasteiger partial charge in [-0.2, -0.15) is 18.1 Å². The van der Waals surface area contributed by atoms with E-state index in [9.17, 15) is 27.6 Å². The average molecular weight is 410 g/mol. The third kappa shape index (κ3) is 2.98. The zero-order chi connectivity index (χ0) is 21.4. The lowest BCUT2D eigenvalue weighted by Gasteiger charge is -2.34. The van der Waals surface area contributed by atoms with Crippen molar-refractivity contribution >= 4 is 23.4 Å². The van der Waals surface area contributed by atoms with Crippen molar-refractivity contribution < 1.29 is 32.0 Å². The number of Topliss-reactive ketones (excluding diaryl/α,β-unsaturated/α-hetero) is 1. The average Bonchev–Trinajstić information content (AvgIpc) is 3.22. The number of ketones is 1. The van der Waals surface area contributed by atoms with E-state index in [1.54, 1.807) is 0 Å². The van der Waals surface area contributed by atoms with Crippen molar-refractivity contribution in [2.75, 3.05) is 24.7 Å². The van der Waals surface area contributed by atoms with Gasteiger partial charge in [0.2, 0.25) is 0 Å². The highest BCUT2D eigenvalue weighted by Gasteiger charge is 2.73. The van der Waals surface area contributed by atoms with Gasteiger partial charge in [-0.3, -0.25) is 9.59 Å². The number of hydrogen-bond donors (Lipinski definition) is 0. The molecule has 4 rings (SSSR count). The number of amides is 3. The second kappa shape index (κ2) is 6.12. The Bertz CT molecular complexity index is 908. The molecule has 1 aromatic rings. The number of hydrogen-bond acceptors (Lipinski definition) is 4. The molecular formula is C20H23F3N3O3+. The minimum atomic E-state index is -4.58. The molecule has 3 heterocycles. The zero-order valence-electron chi connectivity index (χ0n) is 16.5. The van der Waals surface area contributed by atoms with Crippen molar-refractivity contribution in [3.63, 3.8) is 0 Å². The van der Waals surface area contributed by atoms with Crippen LogP contribution in [0.4, 0.5) is 23.7 Å². The Kier molecular flexibility index (Phi) is 4.23. The minimum Gasteiger partial charge on any atom is -0.293 e. The number of alkyl halides is 3. The van der Waals surface area contributed by atoms with Crippen LogP contribution in [-0.2, 0) is 15.8 Å². The summed E-state index contributed by atoms with van der Waals surface area (Å²) in [5.41, 5.74) is -1.29. The van der Waals surface area contributed by atoms with Crippen LogP contribution in [-0.4, -0.2) is 58.9 Å². The monoisotopic (exact) mass is 410 g/mol. The first-order valence-corrected chi connectivity index (χ1v) is 9.53. The van der Waals surface area contributed by atoms with E-state index in [-0.39, 0.29) is 34.5 Å². The number of anilines is 1. The molecular weight excluding hydrogens is 387 g/mol. The summed E-state index contributed by atoms with van der Waals surface area (Å²) >= 11 is 0. The molecule has 0 radical (unpaired) electrons. The summed E-state index contributed by atoms with van der Waals surface area (Å²) in [7, 11) is 0. The van der Waals surface area contributed by atoms with Crippen LogP contribution in [0.2, 0.25) is 0 Å². The molecule has 3 amide bonds. The molecule has 156 valence electrons. The number of carbonyl (C=O) groups is 3. The van der Waals surface area contributed by atoms with Gasteiger partial charge < -0.3 is 0 Å². The molecule has 9 heteroatoms. The lowest BCUT2D eigenvalue weighted by molar-refractivity contribution is -0.853. The van der Waals surface area contributed by atoms with Crippen LogP contribution in [0.25, 0.3) is 0 Å². The SMILES string of the molecule is CC(C)(C)CC(=O)C1C[N@@]2CC3C(=O)N(c4cccc(C(F)(F)F)c4)C(=O)[N+]13C2. The standard InChI is InChI=1S/C20H23F3N3O3/c1-19(2,3)8-16(27)14-9-24-10-15-17(28)25(18(29)26(14,15)11-24)13-6-4-5-12(7-13)20(21,22)23/h4-7,14-15H,8-11H2,1-3H3/q+1. The number of piperazine rings is 1. The molecule has 3 fully saturated rings. The lowest BCUT2D eigenvalue weighted by atomic mass is 9.86. The van der Waals surface area contributed by atoms with Gasteiger partial charge in [-0.15, -0.1) is 0 Å². The molecule has 0 aromatic heterocycles. The van der Waals surface area contributed by atoms with Crippen molar-refractivity contribution in [1.29, 1.82) is 0 Å². The van der Waals surface area contributed by atoms with Crippen LogP contribution in [0.15, 0.2) is 24.3 Å². The maximum absolute atomic E-state index is 13.4. The maximum Gasteiger partial charge on any atom is 0.433 e. The van der Waals surface area contributed by atoms with E-state index in [0.717, 1.165) is 17.0 Å². The topological polar surface area (TPSA) is 57.7 Å². The third-order valence-corrected chi connectivity index (χ3v) is 5.97. The van der Waals surface area contributed by atoms with Crippen molar-refractivity contribution in [1.82, 2.24) is 4.90 Å². The van der Waals surface area contributed by atoms with E-state index >= 15 is 0 Å². The van der Waals surface area contributed by atoms with Crippen LogP contribution in [0.3, 0.4) is 0 Å². The molecule has 0 aliphatic carbocycles. The van der Waals surface area contributed by atoms with E-state index < -0.39 is 35.8 Å². The highest BCUT2D eigenvalue weighted by Crippen LogP contribution is 2.45. The van der Waals surface area contributed by atoms with E-state index in [1.165, 1.54) is 12.1 Å². The van der Waals surface area contributed by atoms with Crippen LogP contribution in [0.1, 0.15) is 32.8 Å². The minimum absolute atomic E-state index is 0.0863. The fraction of sp³-hybridized carbons (Fsp3) is 0.550. The first-order chi connectivity index (χ1) is 13.3. The Morgan fingerprint density at radius 1 is 1.17 bits per heavy atom. The second-order valence-corrected chi connectivity index (χ2v) is 9.35. The van der Waals surface area contributed by atoms with E-state index in [4.69, 9.17) is 0 Å². The number of quaternary nitrogens is 1. The number of fused-ring (bicyclic) bond motifs is 1. The van der Waals surface area contributed by atoms with Crippen molar-refractivity contribution in [3.8, 4) is 0 Å². The summed E-state index contributed by atoms with van der Waals surface area (Å²) < 4.78 is 39.0. The molecule has 6 nitrogen and oxygen atoms in total. The summed E-state index contributed by atoms with van der Waals surface area (Å²) in [5.74, 6) is -0.623. The second-order valence-electron chi connectivity index (χ2n) is 9.35. The summed E-state index contributed by atoms with van der Waals surface area (Å²) in [6, 6.07) is 2.20. The Hall–Kier alpha value is -2.26. The molecule has 1 spiro atoms. The largest absolute Gasteiger partial charge is 0.433 e. The number of imide groups is 1. The van der Waals surface area contributed by atoms with Crippen molar-refractivity contribution in [3.05, 3.63) is 29.8 Å². The molecule has 0 saturated carbocycles. The van der Waals surface area contributed by atoms with Gasteiger partial charge in [0.15, 0.2) is 17.9 Å². The molecule has 3 saturated heterocycles. The highest BCUT2D eigenvalue weighted by atomic mass is 19.4. The molecule has 2 bridgehead atoms. The number of benzene rings is 1. The number of urea groups is 1. The van der Waals surface area contributed by atoms with E-state index in [2.05, 4.69) is 0 Å². The van der Waals surface area contributed by atoms with E-state index in [1.807, 2.05) is 25.7 Å². The summed E-state index contributed by atoms with van der Waals surface area (Å²) in [6.45, 7) is 6.75.